The summed E-state index contributed by atoms with van der Waals surface area (Å²) in [5, 5.41) is 5.54. The van der Waals surface area contributed by atoms with Gasteiger partial charge in [-0.15, -0.1) is 0 Å². The summed E-state index contributed by atoms with van der Waals surface area (Å²) in [6.45, 7) is 7.29. The Balaban J connectivity index is 2.23. The molecule has 0 amide bonds. The summed E-state index contributed by atoms with van der Waals surface area (Å²) in [6.07, 6.45) is -4.45. The first-order chi connectivity index (χ1) is 8.03. The van der Waals surface area contributed by atoms with Crippen molar-refractivity contribution in [2.24, 2.45) is 0 Å². The molecule has 18 heavy (non-hydrogen) atoms. The van der Waals surface area contributed by atoms with Gasteiger partial charge in [0.15, 0.2) is 0 Å². The molecule has 1 aromatic heterocycles. The number of hydrogen-bond donors (Lipinski definition) is 1. The van der Waals surface area contributed by atoms with Crippen LogP contribution in [0, 0.1) is 0 Å². The maximum Gasteiger partial charge on any atom is 0.516 e. The Morgan fingerprint density at radius 3 is 2.06 bits per heavy atom. The lowest BCUT2D eigenvalue weighted by Crippen LogP contribution is -2.41. The Morgan fingerprint density at radius 1 is 1.17 bits per heavy atom. The van der Waals surface area contributed by atoms with Gasteiger partial charge in [-0.3, -0.25) is 5.10 Å². The van der Waals surface area contributed by atoms with E-state index < -0.39 is 30.2 Å². The predicted octanol–water partition coefficient (Wildman–Crippen LogP) is 1.73. The summed E-state index contributed by atoms with van der Waals surface area (Å²) in [7, 11) is -0.887. The summed E-state index contributed by atoms with van der Waals surface area (Å²) in [4.78, 5) is 0. The summed E-state index contributed by atoms with van der Waals surface area (Å²) in [6, 6.07) is 0.905. The standard InChI is InChI=1S/C10H14BF3N2O2/c1-8(2)9(3,4)18-11(17-8)7-5-6(15-16-7)10(12,13)14/h5H,1-4H3,(H,15,16). The van der Waals surface area contributed by atoms with Gasteiger partial charge < -0.3 is 9.31 Å². The lowest BCUT2D eigenvalue weighted by molar-refractivity contribution is -0.141. The molecule has 0 radical (unpaired) electrons. The highest BCUT2D eigenvalue weighted by Gasteiger charge is 2.53. The van der Waals surface area contributed by atoms with Crippen LogP contribution in [0.15, 0.2) is 6.07 Å². The van der Waals surface area contributed by atoms with E-state index >= 15 is 0 Å². The molecule has 1 aromatic rings. The van der Waals surface area contributed by atoms with E-state index in [2.05, 4.69) is 5.10 Å². The van der Waals surface area contributed by atoms with E-state index in [-0.39, 0.29) is 5.59 Å². The van der Waals surface area contributed by atoms with Gasteiger partial charge in [0, 0.05) is 0 Å². The zero-order chi connectivity index (χ0) is 13.8. The third-order valence-corrected chi connectivity index (χ3v) is 3.40. The molecule has 0 atom stereocenters. The van der Waals surface area contributed by atoms with Gasteiger partial charge in [0.1, 0.15) is 5.69 Å². The van der Waals surface area contributed by atoms with Crippen molar-refractivity contribution in [3.63, 3.8) is 0 Å². The highest BCUT2D eigenvalue weighted by atomic mass is 19.4. The molecule has 1 N–H and O–H groups in total. The van der Waals surface area contributed by atoms with Gasteiger partial charge in [-0.25, -0.2) is 0 Å². The smallest absolute Gasteiger partial charge is 0.398 e. The maximum atomic E-state index is 12.4. The molecule has 0 unspecified atom stereocenters. The monoisotopic (exact) mass is 262 g/mol. The first-order valence-electron chi connectivity index (χ1n) is 5.51. The number of halogens is 3. The van der Waals surface area contributed by atoms with Crippen molar-refractivity contribution in [2.75, 3.05) is 0 Å². The molecule has 8 heteroatoms. The van der Waals surface area contributed by atoms with Crippen LogP contribution in [0.4, 0.5) is 13.2 Å². The molecule has 0 bridgehead atoms. The van der Waals surface area contributed by atoms with E-state index in [0.29, 0.717) is 0 Å². The van der Waals surface area contributed by atoms with Crippen LogP contribution in [0.2, 0.25) is 0 Å². The van der Waals surface area contributed by atoms with Gasteiger partial charge in [0.05, 0.1) is 16.8 Å². The van der Waals surface area contributed by atoms with Crippen molar-refractivity contribution >= 4 is 12.7 Å². The zero-order valence-corrected chi connectivity index (χ0v) is 10.6. The average Bonchev–Trinajstić information content (AvgIpc) is 2.69. The van der Waals surface area contributed by atoms with Gasteiger partial charge >= 0.3 is 13.3 Å². The number of aromatic nitrogens is 2. The van der Waals surface area contributed by atoms with Crippen LogP contribution < -0.4 is 5.59 Å². The van der Waals surface area contributed by atoms with Crippen molar-refractivity contribution in [2.45, 2.75) is 45.1 Å². The molecule has 4 nitrogen and oxygen atoms in total. The molecule has 2 heterocycles. The Bertz CT molecular complexity index is 440. The second kappa shape index (κ2) is 3.74. The molecule has 0 aromatic carbocycles. The summed E-state index contributed by atoms with van der Waals surface area (Å²) < 4.78 is 48.5. The predicted molar refractivity (Wildman–Crippen MR) is 59.3 cm³/mol. The minimum absolute atomic E-state index is 0.0981. The second-order valence-electron chi connectivity index (χ2n) is 5.29. The largest absolute Gasteiger partial charge is 0.516 e. The van der Waals surface area contributed by atoms with E-state index in [4.69, 9.17) is 9.31 Å². The molecule has 2 rings (SSSR count). The first-order valence-corrected chi connectivity index (χ1v) is 5.51. The summed E-state index contributed by atoms with van der Waals surface area (Å²) in [5.74, 6) is 0. The summed E-state index contributed by atoms with van der Waals surface area (Å²) >= 11 is 0. The van der Waals surface area contributed by atoms with Crippen LogP contribution in [0.25, 0.3) is 0 Å². The van der Waals surface area contributed by atoms with Crippen molar-refractivity contribution < 1.29 is 22.5 Å². The van der Waals surface area contributed by atoms with Crippen LogP contribution in [-0.4, -0.2) is 28.5 Å². The van der Waals surface area contributed by atoms with Crippen molar-refractivity contribution in [1.82, 2.24) is 10.2 Å². The topological polar surface area (TPSA) is 47.1 Å². The van der Waals surface area contributed by atoms with Crippen LogP contribution in [-0.2, 0) is 15.5 Å². The minimum Gasteiger partial charge on any atom is -0.398 e. The Hall–Kier alpha value is -1.02. The lowest BCUT2D eigenvalue weighted by atomic mass is 9.85. The van der Waals surface area contributed by atoms with Gasteiger partial charge in [-0.2, -0.15) is 18.3 Å². The van der Waals surface area contributed by atoms with E-state index in [1.165, 1.54) is 0 Å². The number of H-pyrrole nitrogens is 1. The quantitative estimate of drug-likeness (QED) is 0.784. The number of hydrogen-bond acceptors (Lipinski definition) is 3. The molecule has 1 aliphatic rings. The fourth-order valence-electron chi connectivity index (χ4n) is 1.57. The van der Waals surface area contributed by atoms with E-state index in [1.807, 2.05) is 32.8 Å². The summed E-state index contributed by atoms with van der Waals surface area (Å²) in [5.41, 5.74) is -2.02. The zero-order valence-electron chi connectivity index (χ0n) is 10.6. The van der Waals surface area contributed by atoms with E-state index in [0.717, 1.165) is 6.07 Å². The Morgan fingerprint density at radius 2 is 1.67 bits per heavy atom. The Labute approximate surface area is 103 Å². The normalized spacial score (nSPS) is 22.5. The lowest BCUT2D eigenvalue weighted by Gasteiger charge is -2.32. The third-order valence-electron chi connectivity index (χ3n) is 3.40. The number of aromatic amines is 1. The molecule has 1 fully saturated rings. The van der Waals surface area contributed by atoms with Crippen LogP contribution in [0.1, 0.15) is 33.4 Å². The molecule has 0 aliphatic carbocycles. The van der Waals surface area contributed by atoms with E-state index in [9.17, 15) is 13.2 Å². The highest BCUT2D eigenvalue weighted by molar-refractivity contribution is 6.61. The average molecular weight is 262 g/mol. The van der Waals surface area contributed by atoms with Gasteiger partial charge in [0.25, 0.3) is 0 Å². The second-order valence-corrected chi connectivity index (χ2v) is 5.29. The SMILES string of the molecule is CC1(C)OB(c2cc(C(F)(F)F)[nH]n2)OC1(C)C. The van der Waals surface area contributed by atoms with Crippen molar-refractivity contribution in [3.8, 4) is 0 Å². The number of nitrogens with one attached hydrogen (secondary N) is 1. The highest BCUT2D eigenvalue weighted by Crippen LogP contribution is 2.36. The minimum atomic E-state index is -4.45. The van der Waals surface area contributed by atoms with Crippen LogP contribution >= 0.6 is 0 Å². The molecule has 0 spiro atoms. The molecule has 1 saturated heterocycles. The van der Waals surface area contributed by atoms with Gasteiger partial charge in [-0.1, -0.05) is 0 Å². The molecule has 100 valence electrons. The fourth-order valence-corrected chi connectivity index (χ4v) is 1.57. The van der Waals surface area contributed by atoms with Crippen molar-refractivity contribution in [1.29, 1.82) is 0 Å². The maximum absolute atomic E-state index is 12.4. The first kappa shape index (κ1) is 13.4. The van der Waals surface area contributed by atoms with Crippen LogP contribution in [0.5, 0.6) is 0 Å². The molecule has 0 saturated carbocycles. The number of nitrogens with zero attached hydrogens (tertiary/aromatic N) is 1. The molecular formula is C10H14BF3N2O2. The fraction of sp³-hybridized carbons (Fsp3) is 0.700. The molecule has 1 aliphatic heterocycles. The van der Waals surface area contributed by atoms with Crippen molar-refractivity contribution in [3.05, 3.63) is 11.8 Å². The van der Waals surface area contributed by atoms with E-state index in [1.54, 1.807) is 0 Å². The third kappa shape index (κ3) is 2.14. The number of rotatable bonds is 1. The van der Waals surface area contributed by atoms with Gasteiger partial charge in [-0.05, 0) is 33.8 Å². The Kier molecular flexibility index (Phi) is 2.79. The van der Waals surface area contributed by atoms with Gasteiger partial charge in [0.2, 0.25) is 0 Å². The molecular weight excluding hydrogens is 248 g/mol. The number of alkyl halides is 3. The van der Waals surface area contributed by atoms with Crippen LogP contribution in [0.3, 0.4) is 0 Å².